The summed E-state index contributed by atoms with van der Waals surface area (Å²) in [4.78, 5) is 52.1. The number of nitrogens with zero attached hydrogens (tertiary/aromatic N) is 1. The molecule has 1 saturated carbocycles. The third-order valence-electron chi connectivity index (χ3n) is 8.16. The van der Waals surface area contributed by atoms with E-state index in [0.29, 0.717) is 36.3 Å². The van der Waals surface area contributed by atoms with Gasteiger partial charge in [-0.05, 0) is 63.3 Å². The van der Waals surface area contributed by atoms with Crippen molar-refractivity contribution in [1.82, 2.24) is 16.0 Å². The molecule has 10 heteroatoms. The number of carbonyl (C=O) groups excluding carboxylic acids is 4. The van der Waals surface area contributed by atoms with Gasteiger partial charge in [-0.1, -0.05) is 49.6 Å². The van der Waals surface area contributed by atoms with E-state index >= 15 is 0 Å². The van der Waals surface area contributed by atoms with E-state index in [4.69, 9.17) is 0 Å². The summed E-state index contributed by atoms with van der Waals surface area (Å²) in [6.07, 6.45) is 6.00. The fourth-order valence-corrected chi connectivity index (χ4v) is 5.66. The number of benzene rings is 2. The van der Waals surface area contributed by atoms with Gasteiger partial charge in [0.1, 0.15) is 5.78 Å². The van der Waals surface area contributed by atoms with Crippen molar-refractivity contribution in [2.75, 3.05) is 29.9 Å². The third kappa shape index (κ3) is 9.62. The van der Waals surface area contributed by atoms with Crippen LogP contribution in [0.3, 0.4) is 0 Å². The Morgan fingerprint density at radius 1 is 1.02 bits per heavy atom. The SMILES string of the molecule is CC(=O)CNc1cc(C(=O)N[C@@H](Cc2ccccc2)[C@H](O)CN[C@@H](C)C(=O)NC2CCCCC2)cc(N2CCCC2=O)c1. The maximum Gasteiger partial charge on any atom is 0.251 e. The normalized spacial score (nSPS) is 17.7. The first kappa shape index (κ1) is 32.2. The molecule has 0 bridgehead atoms. The zero-order valence-electron chi connectivity index (χ0n) is 25.2. The predicted molar refractivity (Wildman–Crippen MR) is 167 cm³/mol. The summed E-state index contributed by atoms with van der Waals surface area (Å²) >= 11 is 0. The minimum Gasteiger partial charge on any atom is -0.390 e. The highest BCUT2D eigenvalue weighted by molar-refractivity contribution is 6.00. The summed E-state index contributed by atoms with van der Waals surface area (Å²) in [5.41, 5.74) is 2.38. The number of hydrogen-bond donors (Lipinski definition) is 5. The minimum absolute atomic E-state index is 0.0137. The number of nitrogens with one attached hydrogen (secondary N) is 4. The van der Waals surface area contributed by atoms with Crippen molar-refractivity contribution < 1.29 is 24.3 Å². The van der Waals surface area contributed by atoms with E-state index < -0.39 is 24.1 Å². The highest BCUT2D eigenvalue weighted by atomic mass is 16.3. The number of carbonyl (C=O) groups is 4. The van der Waals surface area contributed by atoms with Crippen LogP contribution in [-0.2, 0) is 20.8 Å². The lowest BCUT2D eigenvalue weighted by Crippen LogP contribution is -2.53. The van der Waals surface area contributed by atoms with E-state index in [0.717, 1.165) is 37.7 Å². The Morgan fingerprint density at radius 3 is 2.44 bits per heavy atom. The molecule has 0 spiro atoms. The lowest BCUT2D eigenvalue weighted by atomic mass is 9.95. The molecule has 0 unspecified atom stereocenters. The highest BCUT2D eigenvalue weighted by Gasteiger charge is 2.27. The number of ketones is 1. The second-order valence-corrected chi connectivity index (χ2v) is 11.8. The topological polar surface area (TPSA) is 140 Å². The number of aliphatic hydroxyl groups excluding tert-OH is 1. The van der Waals surface area contributed by atoms with Gasteiger partial charge in [0.15, 0.2) is 0 Å². The Kier molecular flexibility index (Phi) is 11.7. The minimum atomic E-state index is -0.993. The molecule has 2 aliphatic rings. The lowest BCUT2D eigenvalue weighted by molar-refractivity contribution is -0.123. The summed E-state index contributed by atoms with van der Waals surface area (Å²) in [6.45, 7) is 4.00. The molecule has 1 aliphatic heterocycles. The number of anilines is 2. The molecule has 5 N–H and O–H groups in total. The van der Waals surface area contributed by atoms with Gasteiger partial charge in [0.2, 0.25) is 11.8 Å². The van der Waals surface area contributed by atoms with Crippen molar-refractivity contribution in [3.05, 3.63) is 59.7 Å². The molecule has 1 saturated heterocycles. The number of aliphatic hydroxyl groups is 1. The smallest absolute Gasteiger partial charge is 0.251 e. The van der Waals surface area contributed by atoms with Gasteiger partial charge in [0.25, 0.3) is 5.91 Å². The van der Waals surface area contributed by atoms with Gasteiger partial charge in [-0.3, -0.25) is 19.2 Å². The molecule has 1 aliphatic carbocycles. The molecular formula is C33H45N5O5. The van der Waals surface area contributed by atoms with Gasteiger partial charge in [-0.15, -0.1) is 0 Å². The van der Waals surface area contributed by atoms with E-state index in [1.807, 2.05) is 30.3 Å². The Bertz CT molecular complexity index is 1260. The Balaban J connectivity index is 1.47. The third-order valence-corrected chi connectivity index (χ3v) is 8.16. The summed E-state index contributed by atoms with van der Waals surface area (Å²) in [5, 5.41) is 23.6. The first-order chi connectivity index (χ1) is 20.7. The van der Waals surface area contributed by atoms with Gasteiger partial charge in [-0.2, -0.15) is 0 Å². The molecule has 2 fully saturated rings. The largest absolute Gasteiger partial charge is 0.390 e. The van der Waals surface area contributed by atoms with E-state index in [9.17, 15) is 24.3 Å². The quantitative estimate of drug-likeness (QED) is 0.228. The fourth-order valence-electron chi connectivity index (χ4n) is 5.66. The Morgan fingerprint density at radius 2 is 1.77 bits per heavy atom. The first-order valence-corrected chi connectivity index (χ1v) is 15.4. The van der Waals surface area contributed by atoms with Gasteiger partial charge in [-0.25, -0.2) is 0 Å². The molecule has 0 aromatic heterocycles. The molecule has 43 heavy (non-hydrogen) atoms. The first-order valence-electron chi connectivity index (χ1n) is 15.4. The Labute approximate surface area is 254 Å². The number of Topliss-reactive ketones (excluding diaryl/α,β-unsaturated/α-hetero) is 1. The van der Waals surface area contributed by atoms with Crippen molar-refractivity contribution in [3.63, 3.8) is 0 Å². The maximum absolute atomic E-state index is 13.7. The van der Waals surface area contributed by atoms with Gasteiger partial charge >= 0.3 is 0 Å². The number of rotatable bonds is 14. The average molecular weight is 592 g/mol. The van der Waals surface area contributed by atoms with Crippen LogP contribution in [0.15, 0.2) is 48.5 Å². The molecule has 0 radical (unpaired) electrons. The second kappa shape index (κ2) is 15.6. The van der Waals surface area contributed by atoms with Crippen LogP contribution in [0.4, 0.5) is 11.4 Å². The van der Waals surface area contributed by atoms with Crippen LogP contribution < -0.4 is 26.2 Å². The van der Waals surface area contributed by atoms with Crippen LogP contribution in [-0.4, -0.2) is 72.5 Å². The summed E-state index contributed by atoms with van der Waals surface area (Å²) in [5.74, 6) is -0.585. The van der Waals surface area contributed by atoms with Crippen molar-refractivity contribution in [2.24, 2.45) is 0 Å². The summed E-state index contributed by atoms with van der Waals surface area (Å²) in [7, 11) is 0. The monoisotopic (exact) mass is 591 g/mol. The van der Waals surface area contributed by atoms with Crippen molar-refractivity contribution in [2.45, 2.75) is 89.4 Å². The van der Waals surface area contributed by atoms with Crippen LogP contribution in [0.2, 0.25) is 0 Å². The van der Waals surface area contributed by atoms with Crippen molar-refractivity contribution in [3.8, 4) is 0 Å². The van der Waals surface area contributed by atoms with E-state index in [1.54, 1.807) is 30.0 Å². The zero-order chi connectivity index (χ0) is 30.8. The molecule has 3 amide bonds. The van der Waals surface area contributed by atoms with Crippen LogP contribution in [0.25, 0.3) is 0 Å². The van der Waals surface area contributed by atoms with Crippen LogP contribution in [0.1, 0.15) is 74.7 Å². The zero-order valence-corrected chi connectivity index (χ0v) is 25.2. The maximum atomic E-state index is 13.7. The Hall–Kier alpha value is -3.76. The van der Waals surface area contributed by atoms with E-state index in [-0.39, 0.29) is 36.7 Å². The van der Waals surface area contributed by atoms with Crippen molar-refractivity contribution >= 4 is 34.9 Å². The van der Waals surface area contributed by atoms with Crippen LogP contribution in [0.5, 0.6) is 0 Å². The van der Waals surface area contributed by atoms with E-state index in [2.05, 4.69) is 21.3 Å². The summed E-state index contributed by atoms with van der Waals surface area (Å²) in [6, 6.07) is 13.7. The van der Waals surface area contributed by atoms with Gasteiger partial charge in [0.05, 0.1) is 24.7 Å². The molecule has 10 nitrogen and oxygen atoms in total. The highest BCUT2D eigenvalue weighted by Crippen LogP contribution is 2.27. The number of amides is 3. The molecular weight excluding hydrogens is 546 g/mol. The average Bonchev–Trinajstić information content (AvgIpc) is 3.44. The van der Waals surface area contributed by atoms with Crippen molar-refractivity contribution in [1.29, 1.82) is 0 Å². The molecule has 3 atom stereocenters. The molecule has 232 valence electrons. The molecule has 1 heterocycles. The van der Waals surface area contributed by atoms with Gasteiger partial charge < -0.3 is 31.3 Å². The molecule has 2 aromatic rings. The standard InChI is InChI=1S/C33H45N5O5/c1-22(39)20-35-27-17-25(18-28(19-27)38-15-9-14-31(38)41)33(43)37-29(16-24-10-5-3-6-11-24)30(40)21-34-23(2)32(42)36-26-12-7-4-8-13-26/h3,5-6,10-11,17-19,23,26,29-30,34-35,40H,4,7-9,12-16,20-21H2,1-2H3,(H,36,42)(H,37,43)/t23-,29-,30+/m0/s1. The summed E-state index contributed by atoms with van der Waals surface area (Å²) < 4.78 is 0. The predicted octanol–water partition coefficient (Wildman–Crippen LogP) is 2.94. The lowest BCUT2D eigenvalue weighted by Gasteiger charge is -2.28. The van der Waals surface area contributed by atoms with Gasteiger partial charge in [0, 0.05) is 42.5 Å². The number of hydrogen-bond acceptors (Lipinski definition) is 7. The molecule has 2 aromatic carbocycles. The van der Waals surface area contributed by atoms with Crippen LogP contribution in [0, 0.1) is 0 Å². The second-order valence-electron chi connectivity index (χ2n) is 11.8. The fraction of sp³-hybridized carbons (Fsp3) is 0.515. The van der Waals surface area contributed by atoms with Crippen LogP contribution >= 0.6 is 0 Å². The molecule has 4 rings (SSSR count). The van der Waals surface area contributed by atoms with E-state index in [1.165, 1.54) is 13.3 Å².